The Bertz CT molecular complexity index is 1820. The van der Waals surface area contributed by atoms with Crippen LogP contribution in [0.2, 0.25) is 0 Å². The molecule has 4 aromatic rings. The fourth-order valence-electron chi connectivity index (χ4n) is 3.90. The van der Waals surface area contributed by atoms with Crippen LogP contribution in [0.25, 0.3) is 22.3 Å². The summed E-state index contributed by atoms with van der Waals surface area (Å²) in [7, 11) is -6.21. The van der Waals surface area contributed by atoms with Gasteiger partial charge >= 0.3 is 6.18 Å². The van der Waals surface area contributed by atoms with Crippen molar-refractivity contribution in [3.05, 3.63) is 60.2 Å². The number of nitrogens with two attached hydrogens (primary N) is 1. The smallest absolute Gasteiger partial charge is 0.405 e. The van der Waals surface area contributed by atoms with Crippen molar-refractivity contribution in [1.29, 1.82) is 0 Å². The third-order valence-corrected chi connectivity index (χ3v) is 7.96. The van der Waals surface area contributed by atoms with Crippen LogP contribution in [-0.2, 0) is 19.9 Å². The molecule has 2 heterocycles. The molecule has 4 N–H and O–H groups in total. The summed E-state index contributed by atoms with van der Waals surface area (Å²) in [5, 5.41) is 10.4. The maximum atomic E-state index is 13.1. The van der Waals surface area contributed by atoms with Crippen molar-refractivity contribution >= 4 is 42.7 Å². The molecule has 4 rings (SSSR count). The molecule has 2 aromatic carbocycles. The van der Waals surface area contributed by atoms with Gasteiger partial charge in [0.2, 0.25) is 16.0 Å². The van der Waals surface area contributed by atoms with Gasteiger partial charge in [0.15, 0.2) is 15.7 Å². The zero-order valence-corrected chi connectivity index (χ0v) is 23.5. The van der Waals surface area contributed by atoms with E-state index in [1.165, 1.54) is 49.6 Å². The molecule has 0 spiro atoms. The number of hydrogen-bond donors (Lipinski definition) is 3. The molecular weight excluding hydrogens is 585 g/mol. The number of anilines is 2. The Morgan fingerprint density at radius 2 is 1.66 bits per heavy atom. The first-order valence-electron chi connectivity index (χ1n) is 11.8. The molecule has 2 aromatic heterocycles. The number of rotatable bonds is 9. The standard InChI is InChI=1S/C25H25F3N6O5S2/c1-14(15-4-7-17(8-5-15)41(29,37)38)31-24-33-19-10-9-18(32-22(19)23(34-24)30-13-25(26,27)28)16-6-11-20(39-2)21(12-16)40(3,35)36/h4-12,14H,13H2,1-3H3,(H2,29,37,38)(H2,30,31,33,34). The van der Waals surface area contributed by atoms with E-state index in [0.29, 0.717) is 11.1 Å². The normalized spacial score (nSPS) is 13.1. The molecule has 0 saturated heterocycles. The molecule has 0 aliphatic rings. The zero-order valence-electron chi connectivity index (χ0n) is 21.9. The Kier molecular flexibility index (Phi) is 8.11. The van der Waals surface area contributed by atoms with Gasteiger partial charge in [-0.3, -0.25) is 0 Å². The van der Waals surface area contributed by atoms with Crippen LogP contribution in [-0.4, -0.2) is 57.9 Å². The van der Waals surface area contributed by atoms with Crippen molar-refractivity contribution in [1.82, 2.24) is 15.0 Å². The summed E-state index contributed by atoms with van der Waals surface area (Å²) in [6, 6.07) is 12.7. The van der Waals surface area contributed by atoms with Crippen molar-refractivity contribution < 1.29 is 34.7 Å². The van der Waals surface area contributed by atoms with Crippen LogP contribution in [0.3, 0.4) is 0 Å². The van der Waals surface area contributed by atoms with Crippen molar-refractivity contribution in [3.63, 3.8) is 0 Å². The van der Waals surface area contributed by atoms with Crippen molar-refractivity contribution in [2.75, 3.05) is 30.5 Å². The minimum atomic E-state index is -4.55. The number of alkyl halides is 3. The quantitative estimate of drug-likeness (QED) is 0.253. The van der Waals surface area contributed by atoms with Gasteiger partial charge in [-0.15, -0.1) is 0 Å². The Balaban J connectivity index is 1.74. The second kappa shape index (κ2) is 11.1. The van der Waals surface area contributed by atoms with E-state index in [1.807, 2.05) is 0 Å². The molecule has 16 heteroatoms. The van der Waals surface area contributed by atoms with Crippen LogP contribution in [0.15, 0.2) is 64.4 Å². The first-order chi connectivity index (χ1) is 19.0. The fourth-order valence-corrected chi connectivity index (χ4v) is 5.27. The molecule has 1 atom stereocenters. The third-order valence-electron chi connectivity index (χ3n) is 5.91. The highest BCUT2D eigenvalue weighted by Gasteiger charge is 2.28. The van der Waals surface area contributed by atoms with E-state index >= 15 is 0 Å². The number of fused-ring (bicyclic) bond motifs is 1. The van der Waals surface area contributed by atoms with Gasteiger partial charge in [-0.1, -0.05) is 12.1 Å². The molecule has 0 amide bonds. The monoisotopic (exact) mass is 610 g/mol. The predicted molar refractivity (Wildman–Crippen MR) is 147 cm³/mol. The van der Waals surface area contributed by atoms with Gasteiger partial charge in [-0.2, -0.15) is 18.2 Å². The van der Waals surface area contributed by atoms with Crippen molar-refractivity contribution in [2.24, 2.45) is 5.14 Å². The number of pyridine rings is 1. The number of sulfone groups is 1. The summed E-state index contributed by atoms with van der Waals surface area (Å²) >= 11 is 0. The van der Waals surface area contributed by atoms with E-state index in [0.717, 1.165) is 6.26 Å². The number of sulfonamides is 1. The highest BCUT2D eigenvalue weighted by atomic mass is 32.2. The van der Waals surface area contributed by atoms with Crippen LogP contribution in [0, 0.1) is 0 Å². The first kappa shape index (κ1) is 30.0. The Labute approximate surface area is 234 Å². The average molecular weight is 611 g/mol. The van der Waals surface area contributed by atoms with Crippen molar-refractivity contribution in [2.45, 2.75) is 28.9 Å². The van der Waals surface area contributed by atoms with Crippen LogP contribution in [0.5, 0.6) is 5.75 Å². The summed E-state index contributed by atoms with van der Waals surface area (Å²) in [6.45, 7) is 0.336. The van der Waals surface area contributed by atoms with Gasteiger partial charge in [0, 0.05) is 11.8 Å². The molecule has 0 radical (unpaired) electrons. The number of primary sulfonamides is 1. The lowest BCUT2D eigenvalue weighted by atomic mass is 10.1. The van der Waals surface area contributed by atoms with Gasteiger partial charge in [0.1, 0.15) is 22.7 Å². The van der Waals surface area contributed by atoms with Crippen LogP contribution >= 0.6 is 0 Å². The lowest BCUT2D eigenvalue weighted by molar-refractivity contribution is -0.115. The summed E-state index contributed by atoms with van der Waals surface area (Å²) in [5.74, 6) is -0.0779. The van der Waals surface area contributed by atoms with E-state index < -0.39 is 38.6 Å². The maximum absolute atomic E-state index is 13.1. The molecule has 0 fully saturated rings. The SMILES string of the molecule is COc1ccc(-c2ccc3nc(NC(C)c4ccc(S(N)(=O)=O)cc4)nc(NCC(F)(F)F)c3n2)cc1S(C)(=O)=O. The van der Waals surface area contributed by atoms with Crippen LogP contribution < -0.4 is 20.5 Å². The minimum Gasteiger partial charge on any atom is -0.495 e. The number of ether oxygens (including phenoxy) is 1. The lowest BCUT2D eigenvalue weighted by Crippen LogP contribution is -2.22. The molecule has 0 aliphatic carbocycles. The zero-order chi connectivity index (χ0) is 30.2. The van der Waals surface area contributed by atoms with E-state index in [4.69, 9.17) is 9.88 Å². The van der Waals surface area contributed by atoms with E-state index in [2.05, 4.69) is 25.6 Å². The highest BCUT2D eigenvalue weighted by Crippen LogP contribution is 2.32. The number of halogens is 3. The lowest BCUT2D eigenvalue weighted by Gasteiger charge is -2.17. The van der Waals surface area contributed by atoms with Gasteiger partial charge in [-0.25, -0.2) is 31.9 Å². The molecule has 11 nitrogen and oxygen atoms in total. The topological polar surface area (TPSA) is 166 Å². The summed E-state index contributed by atoms with van der Waals surface area (Å²) in [6.07, 6.45) is -3.53. The summed E-state index contributed by atoms with van der Waals surface area (Å²) in [5.41, 5.74) is 1.53. The Morgan fingerprint density at radius 3 is 2.24 bits per heavy atom. The largest absolute Gasteiger partial charge is 0.495 e. The number of methoxy groups -OCH3 is 1. The molecule has 0 aliphatic heterocycles. The van der Waals surface area contributed by atoms with E-state index in [9.17, 15) is 30.0 Å². The Hall–Kier alpha value is -4.02. The molecule has 0 bridgehead atoms. The summed E-state index contributed by atoms with van der Waals surface area (Å²) in [4.78, 5) is 12.9. The number of benzene rings is 2. The fraction of sp³-hybridized carbons (Fsp3) is 0.240. The first-order valence-corrected chi connectivity index (χ1v) is 15.3. The number of hydrogen-bond acceptors (Lipinski definition) is 10. The Morgan fingerprint density at radius 1 is 0.976 bits per heavy atom. The molecule has 1 unspecified atom stereocenters. The van der Waals surface area contributed by atoms with Crippen LogP contribution in [0.1, 0.15) is 18.5 Å². The molecular formula is C25H25F3N6O5S2. The van der Waals surface area contributed by atoms with Gasteiger partial charge in [0.25, 0.3) is 0 Å². The third kappa shape index (κ3) is 7.20. The highest BCUT2D eigenvalue weighted by molar-refractivity contribution is 7.90. The van der Waals surface area contributed by atoms with Gasteiger partial charge < -0.3 is 15.4 Å². The minimum absolute atomic E-state index is 0.0106. The molecule has 0 saturated carbocycles. The van der Waals surface area contributed by atoms with Crippen LogP contribution in [0.4, 0.5) is 24.9 Å². The number of nitrogens with zero attached hydrogens (tertiary/aromatic N) is 3. The maximum Gasteiger partial charge on any atom is 0.405 e. The number of nitrogens with one attached hydrogen (secondary N) is 2. The average Bonchev–Trinajstić information content (AvgIpc) is 2.89. The van der Waals surface area contributed by atoms with E-state index in [1.54, 1.807) is 19.1 Å². The number of aromatic nitrogens is 3. The van der Waals surface area contributed by atoms with Gasteiger partial charge in [0.05, 0.1) is 29.3 Å². The summed E-state index contributed by atoms with van der Waals surface area (Å²) < 4.78 is 92.0. The van der Waals surface area contributed by atoms with Crippen molar-refractivity contribution in [3.8, 4) is 17.0 Å². The molecule has 218 valence electrons. The van der Waals surface area contributed by atoms with E-state index in [-0.39, 0.29) is 44.0 Å². The predicted octanol–water partition coefficient (Wildman–Crippen LogP) is 3.90. The molecule has 41 heavy (non-hydrogen) atoms. The van der Waals surface area contributed by atoms with Gasteiger partial charge in [-0.05, 0) is 55.0 Å². The second-order valence-corrected chi connectivity index (χ2v) is 12.6. The second-order valence-electron chi connectivity index (χ2n) is 9.05.